The molecule has 0 heterocycles. The quantitative estimate of drug-likeness (QED) is 0.568. The predicted octanol–water partition coefficient (Wildman–Crippen LogP) is 4.73. The Morgan fingerprint density at radius 2 is 1.71 bits per heavy atom. The first-order valence-electron chi connectivity index (χ1n) is 9.59. The van der Waals surface area contributed by atoms with E-state index in [0.717, 1.165) is 18.5 Å². The van der Waals surface area contributed by atoms with Gasteiger partial charge in [0.1, 0.15) is 0 Å². The summed E-state index contributed by atoms with van der Waals surface area (Å²) in [5.41, 5.74) is 3.12. The summed E-state index contributed by atoms with van der Waals surface area (Å²) in [6.07, 6.45) is 2.12. The van der Waals surface area contributed by atoms with Gasteiger partial charge in [0.2, 0.25) is 5.91 Å². The van der Waals surface area contributed by atoms with Crippen molar-refractivity contribution in [1.82, 2.24) is 5.32 Å². The molecule has 0 fully saturated rings. The van der Waals surface area contributed by atoms with E-state index in [2.05, 4.69) is 22.9 Å². The lowest BCUT2D eigenvalue weighted by atomic mass is 10.1. The molecule has 2 amide bonds. The van der Waals surface area contributed by atoms with Gasteiger partial charge in [0, 0.05) is 17.9 Å². The van der Waals surface area contributed by atoms with Crippen LogP contribution < -0.4 is 16.0 Å². The first-order chi connectivity index (χ1) is 13.4. The van der Waals surface area contributed by atoms with E-state index in [0.29, 0.717) is 28.7 Å². The molecule has 150 valence electrons. The second kappa shape index (κ2) is 10.7. The Balaban J connectivity index is 1.87. The molecule has 5 nitrogen and oxygen atoms in total. The van der Waals surface area contributed by atoms with Crippen LogP contribution in [-0.4, -0.2) is 24.9 Å². The molecular weight excluding hydrogens is 374 g/mol. The zero-order valence-electron chi connectivity index (χ0n) is 16.6. The van der Waals surface area contributed by atoms with Gasteiger partial charge >= 0.3 is 0 Å². The fraction of sp³-hybridized carbons (Fsp3) is 0.364. The highest BCUT2D eigenvalue weighted by molar-refractivity contribution is 6.34. The van der Waals surface area contributed by atoms with E-state index >= 15 is 0 Å². The van der Waals surface area contributed by atoms with Gasteiger partial charge in [-0.2, -0.15) is 0 Å². The van der Waals surface area contributed by atoms with Crippen molar-refractivity contribution in [3.05, 3.63) is 58.6 Å². The Morgan fingerprint density at radius 3 is 2.32 bits per heavy atom. The number of amides is 2. The molecule has 6 heteroatoms. The lowest BCUT2D eigenvalue weighted by Crippen LogP contribution is -2.27. The van der Waals surface area contributed by atoms with Crippen LogP contribution in [0.3, 0.4) is 0 Å². The summed E-state index contributed by atoms with van der Waals surface area (Å²) in [5, 5.41) is 9.07. The molecule has 0 saturated heterocycles. The van der Waals surface area contributed by atoms with Gasteiger partial charge in [0.05, 0.1) is 17.1 Å². The van der Waals surface area contributed by atoms with Crippen molar-refractivity contribution >= 4 is 34.8 Å². The molecule has 0 radical (unpaired) electrons. The smallest absolute Gasteiger partial charge is 0.252 e. The molecule has 2 aromatic rings. The maximum Gasteiger partial charge on any atom is 0.252 e. The molecule has 2 rings (SSSR count). The van der Waals surface area contributed by atoms with Crippen LogP contribution in [0.15, 0.2) is 42.5 Å². The van der Waals surface area contributed by atoms with E-state index in [1.54, 1.807) is 18.2 Å². The van der Waals surface area contributed by atoms with Gasteiger partial charge in [0.25, 0.3) is 5.91 Å². The van der Waals surface area contributed by atoms with Gasteiger partial charge in [-0.3, -0.25) is 9.59 Å². The number of carbonyl (C=O) groups excluding carboxylic acids is 2. The van der Waals surface area contributed by atoms with Crippen molar-refractivity contribution in [1.29, 1.82) is 0 Å². The van der Waals surface area contributed by atoms with Gasteiger partial charge in [0.15, 0.2) is 0 Å². The topological polar surface area (TPSA) is 70.2 Å². The summed E-state index contributed by atoms with van der Waals surface area (Å²) in [6, 6.07) is 12.9. The third kappa shape index (κ3) is 6.89. The van der Waals surface area contributed by atoms with Crippen LogP contribution >= 0.6 is 11.6 Å². The van der Waals surface area contributed by atoms with Gasteiger partial charge < -0.3 is 16.0 Å². The van der Waals surface area contributed by atoms with Crippen molar-refractivity contribution in [2.24, 2.45) is 5.92 Å². The summed E-state index contributed by atoms with van der Waals surface area (Å²) >= 11 is 6.22. The molecule has 0 bridgehead atoms. The summed E-state index contributed by atoms with van der Waals surface area (Å²) in [5.74, 6) is 0.0117. The largest absolute Gasteiger partial charge is 0.376 e. The number of anilines is 2. The molecule has 28 heavy (non-hydrogen) atoms. The van der Waals surface area contributed by atoms with E-state index in [9.17, 15) is 9.59 Å². The van der Waals surface area contributed by atoms with Crippen molar-refractivity contribution in [2.45, 2.75) is 33.6 Å². The number of carbonyl (C=O) groups is 2. The molecule has 0 atom stereocenters. The summed E-state index contributed by atoms with van der Waals surface area (Å²) < 4.78 is 0. The molecule has 0 unspecified atom stereocenters. The number of benzene rings is 2. The van der Waals surface area contributed by atoms with Gasteiger partial charge in [-0.15, -0.1) is 0 Å². The zero-order chi connectivity index (χ0) is 20.5. The third-order valence-corrected chi connectivity index (χ3v) is 4.43. The molecule has 0 aromatic heterocycles. The molecule has 0 aliphatic carbocycles. The molecule has 0 spiro atoms. The number of hydrogen-bond donors (Lipinski definition) is 3. The molecule has 3 N–H and O–H groups in total. The van der Waals surface area contributed by atoms with Gasteiger partial charge in [-0.05, 0) is 48.2 Å². The highest BCUT2D eigenvalue weighted by atomic mass is 35.5. The number of nitrogens with one attached hydrogen (secondary N) is 3. The van der Waals surface area contributed by atoms with Crippen molar-refractivity contribution in [3.63, 3.8) is 0 Å². The Kier molecular flexibility index (Phi) is 8.33. The Hall–Kier alpha value is -2.53. The fourth-order valence-electron chi connectivity index (χ4n) is 2.63. The number of halogens is 1. The standard InChI is InChI=1S/C22H28ClN3O2/c1-4-5-16-6-8-17(9-7-16)26-21(27)14-24-18-10-11-19(20(23)12-18)22(28)25-13-15(2)3/h6-12,15,24H,4-5,13-14H2,1-3H3,(H,25,28)(H,26,27). The molecule has 0 aliphatic rings. The van der Waals surface area contributed by atoms with Crippen LogP contribution in [0.4, 0.5) is 11.4 Å². The van der Waals surface area contributed by atoms with Gasteiger partial charge in [-0.25, -0.2) is 0 Å². The molecule has 0 saturated carbocycles. The minimum Gasteiger partial charge on any atom is -0.376 e. The van der Waals surface area contributed by atoms with E-state index < -0.39 is 0 Å². The second-order valence-corrected chi connectivity index (χ2v) is 7.55. The first kappa shape index (κ1) is 21.8. The number of hydrogen-bond acceptors (Lipinski definition) is 3. The molecule has 0 aliphatic heterocycles. The molecule has 2 aromatic carbocycles. The van der Waals surface area contributed by atoms with E-state index in [1.807, 2.05) is 38.1 Å². The summed E-state index contributed by atoms with van der Waals surface area (Å²) in [7, 11) is 0. The minimum atomic E-state index is -0.200. The Labute approximate surface area is 171 Å². The normalized spacial score (nSPS) is 10.6. The Bertz CT molecular complexity index is 804. The summed E-state index contributed by atoms with van der Waals surface area (Å²) in [4.78, 5) is 24.3. The number of rotatable bonds is 9. The van der Waals surface area contributed by atoms with Crippen molar-refractivity contribution < 1.29 is 9.59 Å². The lowest BCUT2D eigenvalue weighted by molar-refractivity contribution is -0.114. The van der Waals surface area contributed by atoms with E-state index in [4.69, 9.17) is 11.6 Å². The first-order valence-corrected chi connectivity index (χ1v) is 9.97. The van der Waals surface area contributed by atoms with Crippen LogP contribution in [-0.2, 0) is 11.2 Å². The zero-order valence-corrected chi connectivity index (χ0v) is 17.4. The highest BCUT2D eigenvalue weighted by Gasteiger charge is 2.11. The van der Waals surface area contributed by atoms with Crippen LogP contribution in [0.1, 0.15) is 43.1 Å². The van der Waals surface area contributed by atoms with Crippen molar-refractivity contribution in [3.8, 4) is 0 Å². The van der Waals surface area contributed by atoms with Crippen LogP contribution in [0, 0.1) is 5.92 Å². The van der Waals surface area contributed by atoms with Crippen LogP contribution in [0.2, 0.25) is 5.02 Å². The maximum atomic E-state index is 12.1. The minimum absolute atomic E-state index is 0.103. The SMILES string of the molecule is CCCc1ccc(NC(=O)CNc2ccc(C(=O)NCC(C)C)c(Cl)c2)cc1. The predicted molar refractivity (Wildman–Crippen MR) is 116 cm³/mol. The van der Waals surface area contributed by atoms with E-state index in [-0.39, 0.29) is 18.4 Å². The number of aryl methyl sites for hydroxylation is 1. The van der Waals surface area contributed by atoms with E-state index in [1.165, 1.54) is 5.56 Å². The second-order valence-electron chi connectivity index (χ2n) is 7.15. The lowest BCUT2D eigenvalue weighted by Gasteiger charge is -2.11. The van der Waals surface area contributed by atoms with Crippen LogP contribution in [0.5, 0.6) is 0 Å². The average Bonchev–Trinajstić information content (AvgIpc) is 2.66. The maximum absolute atomic E-state index is 12.1. The monoisotopic (exact) mass is 401 g/mol. The van der Waals surface area contributed by atoms with Gasteiger partial charge in [-0.1, -0.05) is 50.9 Å². The summed E-state index contributed by atoms with van der Waals surface area (Å²) in [6.45, 7) is 6.89. The highest BCUT2D eigenvalue weighted by Crippen LogP contribution is 2.21. The van der Waals surface area contributed by atoms with Crippen molar-refractivity contribution in [2.75, 3.05) is 23.7 Å². The molecular formula is C22H28ClN3O2. The average molecular weight is 402 g/mol. The fourth-order valence-corrected chi connectivity index (χ4v) is 2.90. The van der Waals surface area contributed by atoms with Crippen LogP contribution in [0.25, 0.3) is 0 Å². The third-order valence-electron chi connectivity index (χ3n) is 4.11. The Morgan fingerprint density at radius 1 is 1.04 bits per heavy atom.